The maximum Gasteiger partial charge on any atom is 0.273 e. The van der Waals surface area contributed by atoms with Gasteiger partial charge in [0.05, 0.1) is 4.92 Å². The van der Waals surface area contributed by atoms with Crippen LogP contribution in [0.25, 0.3) is 0 Å². The van der Waals surface area contributed by atoms with E-state index in [0.717, 1.165) is 0 Å². The minimum absolute atomic E-state index is 0.0770. The van der Waals surface area contributed by atoms with Crippen molar-refractivity contribution in [3.8, 4) is 0 Å². The second-order valence-electron chi connectivity index (χ2n) is 3.44. The molecule has 4 nitrogen and oxygen atoms in total. The fourth-order valence-corrected chi connectivity index (χ4v) is 1.42. The van der Waals surface area contributed by atoms with Gasteiger partial charge in [0.15, 0.2) is 0 Å². The first kappa shape index (κ1) is 12.7. The van der Waals surface area contributed by atoms with E-state index < -0.39 is 4.92 Å². The van der Waals surface area contributed by atoms with Crippen molar-refractivity contribution in [2.75, 3.05) is 0 Å². The number of hydrogen-bond acceptors (Lipinski definition) is 3. The lowest BCUT2D eigenvalue weighted by molar-refractivity contribution is -0.385. The molecule has 0 aliphatic carbocycles. The smallest absolute Gasteiger partial charge is 0.273 e. The average molecular weight is 241 g/mol. The Balaban J connectivity index is 2.88. The van der Waals surface area contributed by atoms with Gasteiger partial charge in [0, 0.05) is 29.2 Å². The Morgan fingerprint density at radius 2 is 2.38 bits per heavy atom. The number of nitrogens with zero attached hydrogens (tertiary/aromatic N) is 1. The van der Waals surface area contributed by atoms with E-state index in [1.54, 1.807) is 12.1 Å². The van der Waals surface area contributed by atoms with Crippen LogP contribution in [0.1, 0.15) is 12.5 Å². The maximum absolute atomic E-state index is 10.8. The van der Waals surface area contributed by atoms with Gasteiger partial charge in [-0.1, -0.05) is 17.7 Å². The molecule has 1 atom stereocenters. The summed E-state index contributed by atoms with van der Waals surface area (Å²) >= 11 is 5.80. The summed E-state index contributed by atoms with van der Waals surface area (Å²) in [5, 5.41) is 14.3. The highest BCUT2D eigenvalue weighted by atomic mass is 35.5. The number of nitrogens with one attached hydrogen (secondary N) is 1. The molecule has 0 bridgehead atoms. The van der Waals surface area contributed by atoms with Gasteiger partial charge in [0.25, 0.3) is 5.69 Å². The van der Waals surface area contributed by atoms with Crippen molar-refractivity contribution < 1.29 is 4.92 Å². The molecule has 0 radical (unpaired) electrons. The summed E-state index contributed by atoms with van der Waals surface area (Å²) in [6.07, 6.45) is 1.73. The molecule has 1 rings (SSSR count). The average Bonchev–Trinajstić information content (AvgIpc) is 2.25. The molecule has 0 spiro atoms. The standard InChI is InChI=1S/C11H13ClN2O2/c1-3-8(2)13-7-9-6-10(12)4-5-11(9)14(15)16/h3-6,8,13H,1,7H2,2H3. The van der Waals surface area contributed by atoms with Gasteiger partial charge >= 0.3 is 0 Å². The molecule has 1 aromatic rings. The van der Waals surface area contributed by atoms with Crippen LogP contribution in [0.2, 0.25) is 5.02 Å². The first-order valence-corrected chi connectivity index (χ1v) is 5.21. The van der Waals surface area contributed by atoms with E-state index in [-0.39, 0.29) is 11.7 Å². The summed E-state index contributed by atoms with van der Waals surface area (Å²) < 4.78 is 0. The summed E-state index contributed by atoms with van der Waals surface area (Å²) in [4.78, 5) is 10.4. The first-order chi connectivity index (χ1) is 7.54. The van der Waals surface area contributed by atoms with Crippen LogP contribution in [-0.4, -0.2) is 11.0 Å². The molecule has 5 heteroatoms. The summed E-state index contributed by atoms with van der Waals surface area (Å²) in [5.41, 5.74) is 0.652. The molecular weight excluding hydrogens is 228 g/mol. The Kier molecular flexibility index (Phi) is 4.46. The lowest BCUT2D eigenvalue weighted by Gasteiger charge is -2.09. The Hall–Kier alpha value is -1.39. The minimum atomic E-state index is -0.411. The lowest BCUT2D eigenvalue weighted by Crippen LogP contribution is -2.23. The molecular formula is C11H13ClN2O2. The number of rotatable bonds is 5. The van der Waals surface area contributed by atoms with Crippen LogP contribution in [0.3, 0.4) is 0 Å². The first-order valence-electron chi connectivity index (χ1n) is 4.83. The van der Waals surface area contributed by atoms with Crippen molar-refractivity contribution in [3.63, 3.8) is 0 Å². The lowest BCUT2D eigenvalue weighted by atomic mass is 10.1. The van der Waals surface area contributed by atoms with Crippen LogP contribution in [0.4, 0.5) is 5.69 Å². The molecule has 0 saturated carbocycles. The van der Waals surface area contributed by atoms with E-state index in [1.807, 2.05) is 6.92 Å². The molecule has 0 aliphatic rings. The van der Waals surface area contributed by atoms with Crippen LogP contribution in [-0.2, 0) is 6.54 Å². The quantitative estimate of drug-likeness (QED) is 0.489. The Bertz CT molecular complexity index is 407. The minimum Gasteiger partial charge on any atom is -0.306 e. The fraction of sp³-hybridized carbons (Fsp3) is 0.273. The van der Waals surface area contributed by atoms with Crippen molar-refractivity contribution >= 4 is 17.3 Å². The van der Waals surface area contributed by atoms with Crippen molar-refractivity contribution in [1.29, 1.82) is 0 Å². The van der Waals surface area contributed by atoms with E-state index in [9.17, 15) is 10.1 Å². The number of nitro benzene ring substituents is 1. The molecule has 0 fully saturated rings. The van der Waals surface area contributed by atoms with Gasteiger partial charge in [-0.15, -0.1) is 6.58 Å². The molecule has 1 aromatic carbocycles. The van der Waals surface area contributed by atoms with Crippen LogP contribution >= 0.6 is 11.6 Å². The SMILES string of the molecule is C=CC(C)NCc1cc(Cl)ccc1[N+](=O)[O-]. The highest BCUT2D eigenvalue weighted by molar-refractivity contribution is 6.30. The van der Waals surface area contributed by atoms with Gasteiger partial charge in [-0.05, 0) is 19.1 Å². The van der Waals surface area contributed by atoms with Gasteiger partial charge in [-0.3, -0.25) is 10.1 Å². The third kappa shape index (κ3) is 3.32. The number of halogens is 1. The van der Waals surface area contributed by atoms with Crippen LogP contribution in [0, 0.1) is 10.1 Å². The van der Waals surface area contributed by atoms with Crippen molar-refractivity contribution in [3.05, 3.63) is 51.6 Å². The van der Waals surface area contributed by atoms with Crippen LogP contribution in [0.5, 0.6) is 0 Å². The second-order valence-corrected chi connectivity index (χ2v) is 3.87. The summed E-state index contributed by atoms with van der Waals surface area (Å²) in [7, 11) is 0. The maximum atomic E-state index is 10.8. The normalized spacial score (nSPS) is 12.1. The van der Waals surface area contributed by atoms with Gasteiger partial charge in [0.1, 0.15) is 0 Å². The largest absolute Gasteiger partial charge is 0.306 e. The number of hydrogen-bond donors (Lipinski definition) is 1. The van der Waals surface area contributed by atoms with E-state index in [2.05, 4.69) is 11.9 Å². The molecule has 0 heterocycles. The second kappa shape index (κ2) is 5.63. The number of nitro groups is 1. The topological polar surface area (TPSA) is 55.2 Å². The predicted molar refractivity (Wildman–Crippen MR) is 64.6 cm³/mol. The molecule has 0 saturated heterocycles. The van der Waals surface area contributed by atoms with Crippen molar-refractivity contribution in [2.24, 2.45) is 0 Å². The van der Waals surface area contributed by atoms with E-state index in [0.29, 0.717) is 17.1 Å². The zero-order valence-electron chi connectivity index (χ0n) is 8.94. The number of benzene rings is 1. The highest BCUT2D eigenvalue weighted by Crippen LogP contribution is 2.22. The zero-order chi connectivity index (χ0) is 12.1. The molecule has 0 amide bonds. The van der Waals surface area contributed by atoms with Crippen LogP contribution < -0.4 is 5.32 Å². The van der Waals surface area contributed by atoms with Gasteiger partial charge in [-0.25, -0.2) is 0 Å². The molecule has 1 N–H and O–H groups in total. The fourth-order valence-electron chi connectivity index (χ4n) is 1.23. The highest BCUT2D eigenvalue weighted by Gasteiger charge is 2.13. The molecule has 0 aromatic heterocycles. The summed E-state index contributed by atoms with van der Waals surface area (Å²) in [6.45, 7) is 5.94. The molecule has 0 aliphatic heterocycles. The zero-order valence-corrected chi connectivity index (χ0v) is 9.70. The van der Waals surface area contributed by atoms with E-state index in [4.69, 9.17) is 11.6 Å². The third-order valence-corrected chi connectivity index (χ3v) is 2.44. The Labute approximate surface area is 99.1 Å². The monoisotopic (exact) mass is 240 g/mol. The Morgan fingerprint density at radius 3 is 2.94 bits per heavy atom. The predicted octanol–water partition coefficient (Wildman–Crippen LogP) is 2.91. The van der Waals surface area contributed by atoms with Crippen LogP contribution in [0.15, 0.2) is 30.9 Å². The van der Waals surface area contributed by atoms with E-state index >= 15 is 0 Å². The van der Waals surface area contributed by atoms with E-state index in [1.165, 1.54) is 12.1 Å². The van der Waals surface area contributed by atoms with Crippen molar-refractivity contribution in [1.82, 2.24) is 5.32 Å². The van der Waals surface area contributed by atoms with Crippen molar-refractivity contribution in [2.45, 2.75) is 19.5 Å². The third-order valence-electron chi connectivity index (χ3n) is 2.21. The summed E-state index contributed by atoms with van der Waals surface area (Å²) in [5.74, 6) is 0. The van der Waals surface area contributed by atoms with Gasteiger partial charge < -0.3 is 5.32 Å². The molecule has 16 heavy (non-hydrogen) atoms. The Morgan fingerprint density at radius 1 is 1.69 bits per heavy atom. The van der Waals surface area contributed by atoms with Gasteiger partial charge in [-0.2, -0.15) is 0 Å². The summed E-state index contributed by atoms with van der Waals surface area (Å²) in [6, 6.07) is 4.62. The molecule has 86 valence electrons. The molecule has 1 unspecified atom stereocenters. The van der Waals surface area contributed by atoms with Gasteiger partial charge in [0.2, 0.25) is 0 Å².